The number of carbonyl (C=O) groups excluding carboxylic acids is 2. The Balaban J connectivity index is 1.55. The molecule has 4 saturated carbocycles. The monoisotopic (exact) mass is 378 g/mol. The molecule has 0 spiro atoms. The van der Waals surface area contributed by atoms with E-state index < -0.39 is 17.8 Å². The van der Waals surface area contributed by atoms with Crippen molar-refractivity contribution >= 4 is 11.8 Å². The Bertz CT molecular complexity index is 863. The van der Waals surface area contributed by atoms with Crippen molar-refractivity contribution in [3.63, 3.8) is 0 Å². The van der Waals surface area contributed by atoms with Crippen LogP contribution in [-0.4, -0.2) is 18.4 Å². The molecular weight excluding hydrogens is 352 g/mol. The minimum atomic E-state index is -0.529. The molecular formula is C23H26N2O3. The summed E-state index contributed by atoms with van der Waals surface area (Å²) in [4.78, 5) is 25.3. The van der Waals surface area contributed by atoms with Crippen molar-refractivity contribution in [1.82, 2.24) is 0 Å². The van der Waals surface area contributed by atoms with Crippen LogP contribution in [0.2, 0.25) is 0 Å². The van der Waals surface area contributed by atoms with Gasteiger partial charge < -0.3 is 10.5 Å². The first-order valence-electron chi connectivity index (χ1n) is 10.00. The predicted octanol–water partition coefficient (Wildman–Crippen LogP) is 3.39. The van der Waals surface area contributed by atoms with Gasteiger partial charge in [-0.2, -0.15) is 5.26 Å². The van der Waals surface area contributed by atoms with Gasteiger partial charge in [-0.3, -0.25) is 9.59 Å². The molecule has 28 heavy (non-hydrogen) atoms. The van der Waals surface area contributed by atoms with Crippen LogP contribution in [0.5, 0.6) is 0 Å². The number of esters is 1. The third-order valence-corrected chi connectivity index (χ3v) is 7.00. The lowest BCUT2D eigenvalue weighted by atomic mass is 9.43. The van der Waals surface area contributed by atoms with Crippen molar-refractivity contribution in [3.05, 3.63) is 47.2 Å². The van der Waals surface area contributed by atoms with E-state index >= 15 is 0 Å². The van der Waals surface area contributed by atoms with E-state index in [1.54, 1.807) is 6.07 Å². The van der Waals surface area contributed by atoms with E-state index in [1.165, 1.54) is 18.9 Å². The quantitative estimate of drug-likeness (QED) is 0.481. The Morgan fingerprint density at radius 2 is 1.82 bits per heavy atom. The number of nitriles is 1. The maximum absolute atomic E-state index is 13.2. The van der Waals surface area contributed by atoms with E-state index in [2.05, 4.69) is 24.3 Å². The summed E-state index contributed by atoms with van der Waals surface area (Å²) >= 11 is 0. The number of carbonyl (C=O) groups is 2. The molecule has 2 atom stereocenters. The van der Waals surface area contributed by atoms with Gasteiger partial charge in [0.15, 0.2) is 6.61 Å². The van der Waals surface area contributed by atoms with Crippen LogP contribution in [0.25, 0.3) is 0 Å². The number of ketones is 1. The molecule has 2 unspecified atom stereocenters. The molecule has 4 aliphatic carbocycles. The van der Waals surface area contributed by atoms with Gasteiger partial charge in [-0.15, -0.1) is 0 Å². The fraction of sp³-hybridized carbons (Fsp3) is 0.522. The van der Waals surface area contributed by atoms with E-state index in [9.17, 15) is 9.59 Å². The molecule has 4 aliphatic rings. The van der Waals surface area contributed by atoms with Crippen molar-refractivity contribution in [3.8, 4) is 6.07 Å². The number of ether oxygens (including phenoxy) is 1. The number of hydrogen-bond acceptors (Lipinski definition) is 5. The second-order valence-electron chi connectivity index (χ2n) is 9.06. The van der Waals surface area contributed by atoms with Crippen LogP contribution in [0, 0.1) is 28.6 Å². The molecule has 2 N–H and O–H groups in total. The summed E-state index contributed by atoms with van der Waals surface area (Å²) in [5.41, 5.74) is 6.47. The van der Waals surface area contributed by atoms with E-state index in [4.69, 9.17) is 15.7 Å². The lowest BCUT2D eigenvalue weighted by Gasteiger charge is -2.61. The van der Waals surface area contributed by atoms with Gasteiger partial charge >= 0.3 is 5.97 Å². The number of rotatable bonds is 5. The molecule has 0 radical (unpaired) electrons. The average molecular weight is 378 g/mol. The van der Waals surface area contributed by atoms with Crippen molar-refractivity contribution in [2.75, 3.05) is 6.61 Å². The van der Waals surface area contributed by atoms with Crippen LogP contribution < -0.4 is 5.73 Å². The van der Waals surface area contributed by atoms with Crippen molar-refractivity contribution in [1.29, 1.82) is 5.26 Å². The number of hydrogen-bond donors (Lipinski definition) is 1. The molecule has 5 heteroatoms. The Morgan fingerprint density at radius 3 is 2.39 bits per heavy atom. The fourth-order valence-electron chi connectivity index (χ4n) is 6.36. The molecule has 5 nitrogen and oxygen atoms in total. The smallest absolute Gasteiger partial charge is 0.312 e. The van der Waals surface area contributed by atoms with Gasteiger partial charge in [-0.05, 0) is 68.3 Å². The molecule has 0 aromatic heterocycles. The zero-order valence-corrected chi connectivity index (χ0v) is 16.2. The summed E-state index contributed by atoms with van der Waals surface area (Å²) in [5.74, 6) is 0.261. The van der Waals surface area contributed by atoms with Gasteiger partial charge in [0.25, 0.3) is 0 Å². The Hall–Kier alpha value is -2.61. The first-order valence-corrected chi connectivity index (χ1v) is 10.00. The van der Waals surface area contributed by atoms with E-state index in [0.29, 0.717) is 11.8 Å². The molecule has 0 saturated heterocycles. The Morgan fingerprint density at radius 1 is 1.18 bits per heavy atom. The predicted molar refractivity (Wildman–Crippen MR) is 104 cm³/mol. The van der Waals surface area contributed by atoms with E-state index in [-0.39, 0.29) is 22.7 Å². The van der Waals surface area contributed by atoms with Crippen LogP contribution >= 0.6 is 0 Å². The standard InChI is InChI=1S/C23H26N2O3/c1-15(25)19(12-24)20(26)13-28-21(27)23-10-16-7-17(11-23)9-22(8-16,14-23)18-5-3-2-4-6-18/h2-6,16-17H,7-11,13-14,25H2,1H3/b19-15-. The second kappa shape index (κ2) is 6.77. The maximum Gasteiger partial charge on any atom is 0.312 e. The highest BCUT2D eigenvalue weighted by molar-refractivity contribution is 6.01. The van der Waals surface area contributed by atoms with Crippen LogP contribution in [0.3, 0.4) is 0 Å². The SMILES string of the molecule is C/C(N)=C(\C#N)C(=O)COC(=O)C12CC3CC(C1)CC(c1ccccc1)(C3)C2. The summed E-state index contributed by atoms with van der Waals surface area (Å²) in [7, 11) is 0. The number of benzene rings is 1. The Kier molecular flexibility index (Phi) is 4.53. The van der Waals surface area contributed by atoms with Gasteiger partial charge in [0, 0.05) is 5.70 Å². The molecule has 1 aromatic rings. The molecule has 0 amide bonds. The van der Waals surface area contributed by atoms with Crippen LogP contribution in [0.4, 0.5) is 0 Å². The highest BCUT2D eigenvalue weighted by Crippen LogP contribution is 2.66. The summed E-state index contributed by atoms with van der Waals surface area (Å²) in [6.45, 7) is 1.09. The van der Waals surface area contributed by atoms with Gasteiger partial charge in [-0.1, -0.05) is 30.3 Å². The third kappa shape index (κ3) is 3.01. The minimum absolute atomic E-state index is 0.0416. The van der Waals surface area contributed by atoms with Gasteiger partial charge in [0.1, 0.15) is 11.6 Å². The molecule has 1 aromatic carbocycles. The van der Waals surface area contributed by atoms with E-state index in [1.807, 2.05) is 6.07 Å². The first-order chi connectivity index (χ1) is 13.4. The largest absolute Gasteiger partial charge is 0.457 e. The van der Waals surface area contributed by atoms with E-state index in [0.717, 1.165) is 32.1 Å². The van der Waals surface area contributed by atoms with Crippen molar-refractivity contribution in [2.45, 2.75) is 50.9 Å². The topological polar surface area (TPSA) is 93.2 Å². The summed E-state index contributed by atoms with van der Waals surface area (Å²) in [6.07, 6.45) is 5.95. The number of allylic oxidation sites excluding steroid dienone is 1. The van der Waals surface area contributed by atoms with Crippen molar-refractivity contribution in [2.24, 2.45) is 23.0 Å². The Labute approximate surface area is 165 Å². The zero-order chi connectivity index (χ0) is 19.9. The molecule has 0 heterocycles. The molecule has 4 fully saturated rings. The van der Waals surface area contributed by atoms with Crippen LogP contribution in [0.1, 0.15) is 51.0 Å². The number of Topliss-reactive ketones (excluding diaryl/α,β-unsaturated/α-hetero) is 1. The van der Waals surface area contributed by atoms with Gasteiger partial charge in [0.2, 0.25) is 5.78 Å². The highest BCUT2D eigenvalue weighted by atomic mass is 16.5. The van der Waals surface area contributed by atoms with Crippen molar-refractivity contribution < 1.29 is 14.3 Å². The zero-order valence-electron chi connectivity index (χ0n) is 16.2. The second-order valence-corrected chi connectivity index (χ2v) is 9.06. The first kappa shape index (κ1) is 18.7. The van der Waals surface area contributed by atoms with Crippen LogP contribution in [0.15, 0.2) is 41.6 Å². The van der Waals surface area contributed by atoms with Gasteiger partial charge in [-0.25, -0.2) is 0 Å². The minimum Gasteiger partial charge on any atom is -0.457 e. The van der Waals surface area contributed by atoms with Gasteiger partial charge in [0.05, 0.1) is 5.41 Å². The maximum atomic E-state index is 13.2. The number of nitrogens with zero attached hydrogens (tertiary/aromatic N) is 1. The molecule has 4 bridgehead atoms. The average Bonchev–Trinajstić information content (AvgIpc) is 2.66. The summed E-state index contributed by atoms with van der Waals surface area (Å²) in [6, 6.07) is 12.3. The molecule has 0 aliphatic heterocycles. The number of nitrogens with two attached hydrogens (primary N) is 1. The normalized spacial score (nSPS) is 33.7. The third-order valence-electron chi connectivity index (χ3n) is 7.00. The summed E-state index contributed by atoms with van der Waals surface area (Å²) < 4.78 is 5.47. The fourth-order valence-corrected chi connectivity index (χ4v) is 6.36. The lowest BCUT2D eigenvalue weighted by Crippen LogP contribution is -2.57. The highest BCUT2D eigenvalue weighted by Gasteiger charge is 2.61. The molecule has 146 valence electrons. The lowest BCUT2D eigenvalue weighted by molar-refractivity contribution is -0.175. The molecule has 5 rings (SSSR count). The van der Waals surface area contributed by atoms with Crippen LogP contribution in [-0.2, 0) is 19.7 Å². The summed E-state index contributed by atoms with van der Waals surface area (Å²) in [5, 5.41) is 9.07.